The minimum Gasteiger partial charge on any atom is -0.322 e. The molecule has 0 fully saturated rings. The Kier molecular flexibility index (Phi) is 8.29. The molecule has 0 aliphatic carbocycles. The molecule has 0 aliphatic heterocycles. The van der Waals surface area contributed by atoms with E-state index in [2.05, 4.69) is 62.4 Å². The first-order valence-electron chi connectivity index (χ1n) is 13.3. The number of nitrogens with zero attached hydrogens (tertiary/aromatic N) is 2. The Balaban J connectivity index is 1.60. The minimum atomic E-state index is -0.280. The van der Waals surface area contributed by atoms with Gasteiger partial charge in [0.05, 0.1) is 11.4 Å². The lowest BCUT2D eigenvalue weighted by atomic mass is 9.86. The molecule has 0 saturated carbocycles. The van der Waals surface area contributed by atoms with Gasteiger partial charge in [-0.1, -0.05) is 84.0 Å². The number of nitrogens with one attached hydrogen (secondary N) is 2. The van der Waals surface area contributed by atoms with E-state index >= 15 is 0 Å². The zero-order valence-corrected chi connectivity index (χ0v) is 23.9. The summed E-state index contributed by atoms with van der Waals surface area (Å²) in [6, 6.07) is 29.7. The van der Waals surface area contributed by atoms with E-state index in [-0.39, 0.29) is 22.6 Å². The van der Waals surface area contributed by atoms with Crippen LogP contribution in [0.4, 0.5) is 22.7 Å². The van der Waals surface area contributed by atoms with Crippen molar-refractivity contribution in [3.8, 4) is 0 Å². The molecule has 0 saturated heterocycles. The fourth-order valence-corrected chi connectivity index (χ4v) is 4.05. The van der Waals surface area contributed by atoms with Gasteiger partial charge < -0.3 is 10.6 Å². The SMILES string of the molecule is CC(C)(C)c1ccc(C(=O)Nc2ccc(N=Nc3ccccc3)c(NC(=O)c3ccc(C(C)(C)C)cc3)c2)cc1. The topological polar surface area (TPSA) is 82.9 Å². The lowest BCUT2D eigenvalue weighted by Crippen LogP contribution is -2.16. The van der Waals surface area contributed by atoms with E-state index in [9.17, 15) is 9.59 Å². The van der Waals surface area contributed by atoms with Gasteiger partial charge >= 0.3 is 0 Å². The summed E-state index contributed by atoms with van der Waals surface area (Å²) in [7, 11) is 0. The summed E-state index contributed by atoms with van der Waals surface area (Å²) in [4.78, 5) is 26.2. The molecule has 40 heavy (non-hydrogen) atoms. The van der Waals surface area contributed by atoms with Crippen LogP contribution >= 0.6 is 0 Å². The van der Waals surface area contributed by atoms with Crippen LogP contribution in [0.1, 0.15) is 73.4 Å². The van der Waals surface area contributed by atoms with Crippen molar-refractivity contribution in [3.63, 3.8) is 0 Å². The summed E-state index contributed by atoms with van der Waals surface area (Å²) in [6.07, 6.45) is 0. The number of anilines is 2. The van der Waals surface area contributed by atoms with E-state index in [1.807, 2.05) is 78.9 Å². The Labute approximate surface area is 236 Å². The van der Waals surface area contributed by atoms with Crippen molar-refractivity contribution in [2.45, 2.75) is 52.4 Å². The second kappa shape index (κ2) is 11.7. The molecule has 6 nitrogen and oxygen atoms in total. The second-order valence-corrected chi connectivity index (χ2v) is 11.8. The summed E-state index contributed by atoms with van der Waals surface area (Å²) in [5, 5.41) is 14.6. The molecule has 0 aliphatic rings. The van der Waals surface area contributed by atoms with Gasteiger partial charge in [0, 0.05) is 16.8 Å². The van der Waals surface area contributed by atoms with Crippen LogP contribution in [-0.4, -0.2) is 11.8 Å². The highest BCUT2D eigenvalue weighted by atomic mass is 16.2. The highest BCUT2D eigenvalue weighted by Crippen LogP contribution is 2.31. The van der Waals surface area contributed by atoms with E-state index in [1.165, 1.54) is 0 Å². The first-order chi connectivity index (χ1) is 18.9. The second-order valence-electron chi connectivity index (χ2n) is 11.8. The van der Waals surface area contributed by atoms with Crippen LogP contribution in [0.2, 0.25) is 0 Å². The maximum atomic E-state index is 13.2. The zero-order valence-electron chi connectivity index (χ0n) is 23.9. The maximum absolute atomic E-state index is 13.2. The van der Waals surface area contributed by atoms with Gasteiger partial charge in [0.25, 0.3) is 11.8 Å². The first-order valence-corrected chi connectivity index (χ1v) is 13.3. The van der Waals surface area contributed by atoms with E-state index in [1.54, 1.807) is 18.2 Å². The van der Waals surface area contributed by atoms with E-state index in [0.29, 0.717) is 33.9 Å². The standard InChI is InChI=1S/C34H36N4O2/c1-33(2,3)25-16-12-23(13-17-25)31(39)35-28-20-21-29(38-37-27-10-8-7-9-11-27)30(22-28)36-32(40)24-14-18-26(19-15-24)34(4,5)6/h7-22H,1-6H3,(H,35,39)(H,36,40). The molecule has 0 unspecified atom stereocenters. The van der Waals surface area contributed by atoms with E-state index < -0.39 is 0 Å². The number of hydrogen-bond donors (Lipinski definition) is 2. The van der Waals surface area contributed by atoms with Crippen molar-refractivity contribution in [1.82, 2.24) is 0 Å². The Morgan fingerprint density at radius 3 is 1.57 bits per heavy atom. The Morgan fingerprint density at radius 1 is 0.575 bits per heavy atom. The summed E-state index contributed by atoms with van der Waals surface area (Å²) in [6.45, 7) is 12.8. The van der Waals surface area contributed by atoms with Gasteiger partial charge in [-0.3, -0.25) is 9.59 Å². The molecule has 4 aromatic rings. The molecule has 4 rings (SSSR count). The molecule has 0 bridgehead atoms. The highest BCUT2D eigenvalue weighted by Gasteiger charge is 2.17. The zero-order chi connectivity index (χ0) is 28.9. The van der Waals surface area contributed by atoms with Crippen LogP contribution in [0.5, 0.6) is 0 Å². The molecule has 4 aromatic carbocycles. The first kappa shape index (κ1) is 28.4. The number of carbonyl (C=O) groups is 2. The van der Waals surface area contributed by atoms with Crippen LogP contribution in [0.15, 0.2) is 107 Å². The van der Waals surface area contributed by atoms with E-state index in [0.717, 1.165) is 11.1 Å². The fourth-order valence-electron chi connectivity index (χ4n) is 4.05. The molecule has 6 heteroatoms. The van der Waals surface area contributed by atoms with Crippen LogP contribution in [0.25, 0.3) is 0 Å². The Bertz CT molecular complexity index is 1510. The van der Waals surface area contributed by atoms with Crippen molar-refractivity contribution in [2.75, 3.05) is 10.6 Å². The maximum Gasteiger partial charge on any atom is 0.255 e. The number of amides is 2. The van der Waals surface area contributed by atoms with Gasteiger partial charge in [-0.25, -0.2) is 0 Å². The number of rotatable bonds is 6. The summed E-state index contributed by atoms with van der Waals surface area (Å²) in [5.74, 6) is -0.521. The highest BCUT2D eigenvalue weighted by molar-refractivity contribution is 6.07. The normalized spacial score (nSPS) is 11.8. The average molecular weight is 533 g/mol. The van der Waals surface area contributed by atoms with Crippen LogP contribution < -0.4 is 10.6 Å². The summed E-state index contributed by atoms with van der Waals surface area (Å²) < 4.78 is 0. The molecule has 0 aromatic heterocycles. The fraction of sp³-hybridized carbons (Fsp3) is 0.235. The van der Waals surface area contributed by atoms with Crippen LogP contribution in [0, 0.1) is 0 Å². The summed E-state index contributed by atoms with van der Waals surface area (Å²) in [5.41, 5.74) is 5.47. The lowest BCUT2D eigenvalue weighted by Gasteiger charge is -2.19. The number of carbonyl (C=O) groups excluding carboxylic acids is 2. The monoisotopic (exact) mass is 532 g/mol. The van der Waals surface area contributed by atoms with Gasteiger partial charge in [-0.15, -0.1) is 5.11 Å². The molecule has 2 N–H and O–H groups in total. The molecule has 0 heterocycles. The quantitative estimate of drug-likeness (QED) is 0.243. The predicted molar refractivity (Wildman–Crippen MR) is 163 cm³/mol. The van der Waals surface area contributed by atoms with Gasteiger partial charge in [-0.2, -0.15) is 5.11 Å². The van der Waals surface area contributed by atoms with Crippen molar-refractivity contribution in [1.29, 1.82) is 0 Å². The van der Waals surface area contributed by atoms with Gasteiger partial charge in [0.15, 0.2) is 0 Å². The third-order valence-electron chi connectivity index (χ3n) is 6.56. The minimum absolute atomic E-state index is 0.000680. The molecule has 2 amide bonds. The van der Waals surface area contributed by atoms with Crippen LogP contribution in [-0.2, 0) is 10.8 Å². The Hall–Kier alpha value is -4.58. The number of azo groups is 1. The molecule has 0 atom stereocenters. The van der Waals surface area contributed by atoms with E-state index in [4.69, 9.17) is 0 Å². The Morgan fingerprint density at radius 2 is 1.07 bits per heavy atom. The molecule has 0 radical (unpaired) electrons. The molecule has 204 valence electrons. The smallest absolute Gasteiger partial charge is 0.255 e. The largest absolute Gasteiger partial charge is 0.322 e. The third kappa shape index (κ3) is 7.29. The van der Waals surface area contributed by atoms with Crippen LogP contribution in [0.3, 0.4) is 0 Å². The van der Waals surface area contributed by atoms with Crippen molar-refractivity contribution < 1.29 is 9.59 Å². The number of benzene rings is 4. The number of hydrogen-bond acceptors (Lipinski definition) is 4. The lowest BCUT2D eigenvalue weighted by molar-refractivity contribution is 0.101. The van der Waals surface area contributed by atoms with Gasteiger partial charge in [0.1, 0.15) is 5.69 Å². The predicted octanol–water partition coefficient (Wildman–Crippen LogP) is 9.20. The van der Waals surface area contributed by atoms with Gasteiger partial charge in [0.2, 0.25) is 0 Å². The molecule has 0 spiro atoms. The van der Waals surface area contributed by atoms with Crippen molar-refractivity contribution >= 4 is 34.6 Å². The third-order valence-corrected chi connectivity index (χ3v) is 6.56. The van der Waals surface area contributed by atoms with Crippen molar-refractivity contribution in [2.24, 2.45) is 10.2 Å². The summed E-state index contributed by atoms with van der Waals surface area (Å²) >= 11 is 0. The van der Waals surface area contributed by atoms with Crippen molar-refractivity contribution in [3.05, 3.63) is 119 Å². The van der Waals surface area contributed by atoms with Gasteiger partial charge in [-0.05, 0) is 76.6 Å². The average Bonchev–Trinajstić information content (AvgIpc) is 2.92. The molecular weight excluding hydrogens is 496 g/mol. The molecular formula is C34H36N4O2.